The fourth-order valence-corrected chi connectivity index (χ4v) is 4.90. The van der Waals surface area contributed by atoms with Gasteiger partial charge in [-0.1, -0.05) is 132 Å². The zero-order valence-electron chi connectivity index (χ0n) is 22.8. The van der Waals surface area contributed by atoms with Gasteiger partial charge in [-0.2, -0.15) is 0 Å². The van der Waals surface area contributed by atoms with Gasteiger partial charge in [0, 0.05) is 10.8 Å². The lowest BCUT2D eigenvalue weighted by molar-refractivity contribution is 0.652. The van der Waals surface area contributed by atoms with Crippen molar-refractivity contribution >= 4 is 0 Å². The number of hydrogen-bond acceptors (Lipinski definition) is 0. The quantitative estimate of drug-likeness (QED) is 0.332. The van der Waals surface area contributed by atoms with Crippen LogP contribution in [-0.2, 0) is 10.8 Å². The minimum absolute atomic E-state index is 0.0721. The van der Waals surface area contributed by atoms with Crippen molar-refractivity contribution in [3.8, 4) is 22.3 Å². The largest absolute Gasteiger partial charge is 0.0683 e. The molecule has 0 aliphatic heterocycles. The Hall–Kier alpha value is -2.34. The van der Waals surface area contributed by atoms with E-state index >= 15 is 0 Å². The zero-order valence-corrected chi connectivity index (χ0v) is 22.8. The molecule has 0 radical (unpaired) electrons. The first-order chi connectivity index (χ1) is 15.4. The third-order valence-corrected chi connectivity index (χ3v) is 6.29. The highest BCUT2D eigenvalue weighted by Crippen LogP contribution is 2.55. The molecule has 3 aromatic rings. The minimum Gasteiger partial charge on any atom is -0.0683 e. The summed E-state index contributed by atoms with van der Waals surface area (Å²) in [7, 11) is 0. The van der Waals surface area contributed by atoms with Crippen molar-refractivity contribution < 1.29 is 0 Å². The van der Waals surface area contributed by atoms with Crippen LogP contribution in [0, 0.1) is 0 Å². The van der Waals surface area contributed by atoms with E-state index in [2.05, 4.69) is 88.4 Å². The van der Waals surface area contributed by atoms with Crippen LogP contribution < -0.4 is 0 Å². The maximum Gasteiger partial charge on any atom is 0.0159 e. The SMILES string of the molecule is CC.CC.CC.CC.CC1(C)c2ccccc2-c2cc3c(cc21)-c1ccccc1C3(C)C. The molecule has 0 N–H and O–H groups in total. The number of fused-ring (bicyclic) bond motifs is 6. The van der Waals surface area contributed by atoms with Gasteiger partial charge in [-0.15, -0.1) is 0 Å². The molecular weight excluding hydrogens is 384 g/mol. The van der Waals surface area contributed by atoms with Crippen LogP contribution in [0.15, 0.2) is 60.7 Å². The van der Waals surface area contributed by atoms with Crippen molar-refractivity contribution in [3.05, 3.63) is 82.9 Å². The van der Waals surface area contributed by atoms with Crippen LogP contribution in [-0.4, -0.2) is 0 Å². The van der Waals surface area contributed by atoms with E-state index in [1.54, 1.807) is 0 Å². The number of rotatable bonds is 0. The molecule has 0 heteroatoms. The van der Waals surface area contributed by atoms with E-state index in [0.717, 1.165) is 0 Å². The predicted molar refractivity (Wildman–Crippen MR) is 147 cm³/mol. The highest BCUT2D eigenvalue weighted by atomic mass is 14.4. The van der Waals surface area contributed by atoms with E-state index in [1.165, 1.54) is 44.5 Å². The normalized spacial score (nSPS) is 14.1. The fourth-order valence-electron chi connectivity index (χ4n) is 4.90. The molecule has 2 aliphatic carbocycles. The Bertz CT molecular complexity index is 919. The van der Waals surface area contributed by atoms with E-state index < -0.39 is 0 Å². The molecule has 0 saturated heterocycles. The van der Waals surface area contributed by atoms with Crippen molar-refractivity contribution in [1.82, 2.24) is 0 Å². The first-order valence-corrected chi connectivity index (χ1v) is 12.8. The van der Waals surface area contributed by atoms with Gasteiger partial charge >= 0.3 is 0 Å². The maximum atomic E-state index is 2.47. The van der Waals surface area contributed by atoms with E-state index in [-0.39, 0.29) is 10.8 Å². The number of hydrogen-bond donors (Lipinski definition) is 0. The monoisotopic (exact) mass is 430 g/mol. The molecule has 3 aromatic carbocycles. The Morgan fingerprint density at radius 2 is 0.656 bits per heavy atom. The van der Waals surface area contributed by atoms with Gasteiger partial charge in [0.05, 0.1) is 0 Å². The summed E-state index contributed by atoms with van der Waals surface area (Å²) in [6.45, 7) is 25.4. The fraction of sp³-hybridized carbons (Fsp3) is 0.438. The van der Waals surface area contributed by atoms with Gasteiger partial charge in [-0.3, -0.25) is 0 Å². The summed E-state index contributed by atoms with van der Waals surface area (Å²) in [5, 5.41) is 0. The van der Waals surface area contributed by atoms with Crippen LogP contribution in [0.3, 0.4) is 0 Å². The molecular formula is C32H46. The lowest BCUT2D eigenvalue weighted by Crippen LogP contribution is -2.16. The van der Waals surface area contributed by atoms with Crippen LogP contribution in [0.4, 0.5) is 0 Å². The summed E-state index contributed by atoms with van der Waals surface area (Å²) in [6.07, 6.45) is 0. The Kier molecular flexibility index (Phi) is 9.96. The summed E-state index contributed by atoms with van der Waals surface area (Å²) in [6, 6.07) is 22.7. The molecule has 0 unspecified atom stereocenters. The molecule has 5 rings (SSSR count). The molecule has 0 saturated carbocycles. The Balaban J connectivity index is 0.000000581. The molecule has 32 heavy (non-hydrogen) atoms. The molecule has 0 aromatic heterocycles. The van der Waals surface area contributed by atoms with E-state index in [1.807, 2.05) is 55.4 Å². The molecule has 0 atom stereocenters. The Morgan fingerprint density at radius 1 is 0.375 bits per heavy atom. The molecule has 0 nitrogen and oxygen atoms in total. The van der Waals surface area contributed by atoms with Gasteiger partial charge in [0.1, 0.15) is 0 Å². The average Bonchev–Trinajstić information content (AvgIpc) is 3.23. The topological polar surface area (TPSA) is 0 Å². The van der Waals surface area contributed by atoms with Crippen LogP contribution in [0.25, 0.3) is 22.3 Å². The second kappa shape index (κ2) is 11.5. The van der Waals surface area contributed by atoms with Gasteiger partial charge in [0.2, 0.25) is 0 Å². The van der Waals surface area contributed by atoms with Gasteiger partial charge in [0.15, 0.2) is 0 Å². The van der Waals surface area contributed by atoms with Crippen LogP contribution in [0.5, 0.6) is 0 Å². The molecule has 0 amide bonds. The Labute approximate surface area is 199 Å². The molecule has 0 fully saturated rings. The molecule has 174 valence electrons. The van der Waals surface area contributed by atoms with E-state index in [4.69, 9.17) is 0 Å². The third-order valence-electron chi connectivity index (χ3n) is 6.29. The van der Waals surface area contributed by atoms with E-state index in [9.17, 15) is 0 Å². The van der Waals surface area contributed by atoms with Crippen molar-refractivity contribution in [2.75, 3.05) is 0 Å². The van der Waals surface area contributed by atoms with Gasteiger partial charge < -0.3 is 0 Å². The standard InChI is InChI=1S/C24H22.4C2H6/c1-23(2)19-11-7-5-9-15(19)17-14-22-18(13-21(17)23)16-10-6-8-12-20(16)24(22,3)4;4*1-2/h5-14H,1-4H3;4*1-2H3. The highest BCUT2D eigenvalue weighted by molar-refractivity contribution is 5.89. The van der Waals surface area contributed by atoms with Crippen molar-refractivity contribution in [2.45, 2.75) is 93.9 Å². The summed E-state index contributed by atoms with van der Waals surface area (Å²) < 4.78 is 0. The Morgan fingerprint density at radius 3 is 0.969 bits per heavy atom. The van der Waals surface area contributed by atoms with Crippen molar-refractivity contribution in [2.24, 2.45) is 0 Å². The predicted octanol–water partition coefficient (Wildman–Crippen LogP) is 10.4. The summed E-state index contributed by atoms with van der Waals surface area (Å²) in [5.41, 5.74) is 11.7. The third kappa shape index (κ3) is 4.29. The molecule has 0 bridgehead atoms. The second-order valence-electron chi connectivity index (χ2n) is 8.28. The van der Waals surface area contributed by atoms with Crippen molar-refractivity contribution in [3.63, 3.8) is 0 Å². The minimum atomic E-state index is 0.0721. The summed E-state index contributed by atoms with van der Waals surface area (Å²) in [4.78, 5) is 0. The lowest BCUT2D eigenvalue weighted by Gasteiger charge is -2.24. The van der Waals surface area contributed by atoms with Crippen LogP contribution in [0.2, 0.25) is 0 Å². The molecule has 2 aliphatic rings. The number of benzene rings is 3. The molecule has 0 heterocycles. The zero-order chi connectivity index (χ0) is 24.7. The summed E-state index contributed by atoms with van der Waals surface area (Å²) >= 11 is 0. The highest BCUT2D eigenvalue weighted by Gasteiger charge is 2.41. The first kappa shape index (κ1) is 27.7. The lowest BCUT2D eigenvalue weighted by atomic mass is 9.79. The molecule has 0 spiro atoms. The maximum absolute atomic E-state index is 2.47. The van der Waals surface area contributed by atoms with Crippen LogP contribution >= 0.6 is 0 Å². The smallest absolute Gasteiger partial charge is 0.0159 e. The summed E-state index contributed by atoms with van der Waals surface area (Å²) in [5.74, 6) is 0. The van der Waals surface area contributed by atoms with Gasteiger partial charge in [0.25, 0.3) is 0 Å². The van der Waals surface area contributed by atoms with E-state index in [0.29, 0.717) is 0 Å². The second-order valence-corrected chi connectivity index (χ2v) is 8.28. The van der Waals surface area contributed by atoms with Gasteiger partial charge in [-0.25, -0.2) is 0 Å². The van der Waals surface area contributed by atoms with Crippen molar-refractivity contribution in [1.29, 1.82) is 0 Å². The first-order valence-electron chi connectivity index (χ1n) is 12.8. The van der Waals surface area contributed by atoms with Gasteiger partial charge in [-0.05, 0) is 56.6 Å². The average molecular weight is 431 g/mol. The van der Waals surface area contributed by atoms with Crippen LogP contribution in [0.1, 0.15) is 105 Å².